The Balaban J connectivity index is 1.11. The maximum Gasteiger partial charge on any atom is 0.135 e. The van der Waals surface area contributed by atoms with Crippen LogP contribution in [0.2, 0.25) is 0 Å². The van der Waals surface area contributed by atoms with Gasteiger partial charge in [0.15, 0.2) is 0 Å². The third-order valence-electron chi connectivity index (χ3n) is 13.2. The largest absolute Gasteiger partial charge is 0.456 e. The molecular formula is C57H39N3O. The van der Waals surface area contributed by atoms with E-state index in [0.29, 0.717) is 0 Å². The fourth-order valence-corrected chi connectivity index (χ4v) is 10.4. The Kier molecular flexibility index (Phi) is 7.04. The van der Waals surface area contributed by atoms with E-state index in [1.807, 2.05) is 0 Å². The summed E-state index contributed by atoms with van der Waals surface area (Å²) in [6.07, 6.45) is 0. The summed E-state index contributed by atoms with van der Waals surface area (Å²) in [7, 11) is 0. The van der Waals surface area contributed by atoms with Crippen LogP contribution in [0.4, 0.5) is 0 Å². The van der Waals surface area contributed by atoms with Crippen molar-refractivity contribution in [1.82, 2.24) is 13.7 Å². The average Bonchev–Trinajstić information content (AvgIpc) is 3.91. The second-order valence-corrected chi connectivity index (χ2v) is 17.0. The van der Waals surface area contributed by atoms with Gasteiger partial charge < -0.3 is 18.1 Å². The van der Waals surface area contributed by atoms with Crippen LogP contribution in [0.5, 0.6) is 0 Å². The van der Waals surface area contributed by atoms with Gasteiger partial charge in [-0.3, -0.25) is 0 Å². The van der Waals surface area contributed by atoms with Crippen molar-refractivity contribution in [1.29, 1.82) is 0 Å². The van der Waals surface area contributed by atoms with Crippen molar-refractivity contribution < 1.29 is 4.42 Å². The minimum atomic E-state index is -0.122. The Bertz CT molecular complexity index is 3850. The maximum absolute atomic E-state index is 6.59. The van der Waals surface area contributed by atoms with Gasteiger partial charge in [-0.05, 0) is 142 Å². The van der Waals surface area contributed by atoms with E-state index in [1.54, 1.807) is 0 Å². The second-order valence-electron chi connectivity index (χ2n) is 17.0. The van der Waals surface area contributed by atoms with Crippen LogP contribution in [0.1, 0.15) is 25.0 Å². The lowest BCUT2D eigenvalue weighted by atomic mass is 9.82. The molecule has 3 heterocycles. The van der Waals surface area contributed by atoms with Crippen molar-refractivity contribution in [2.24, 2.45) is 0 Å². The smallest absolute Gasteiger partial charge is 0.135 e. The molecule has 0 atom stereocenters. The molecule has 12 aromatic rings. The van der Waals surface area contributed by atoms with E-state index in [1.165, 1.54) is 44.1 Å². The van der Waals surface area contributed by atoms with Gasteiger partial charge in [-0.25, -0.2) is 0 Å². The van der Waals surface area contributed by atoms with Crippen molar-refractivity contribution >= 4 is 76.6 Å². The van der Waals surface area contributed by atoms with E-state index in [0.717, 1.165) is 71.8 Å². The van der Waals surface area contributed by atoms with Gasteiger partial charge in [0, 0.05) is 66.1 Å². The normalized spacial score (nSPS) is 13.2. The first-order chi connectivity index (χ1) is 30.0. The number of fused-ring (bicyclic) bond motifs is 13. The van der Waals surface area contributed by atoms with Crippen molar-refractivity contribution in [3.05, 3.63) is 211 Å². The molecule has 0 saturated carbocycles. The van der Waals surface area contributed by atoms with Crippen LogP contribution in [0, 0.1) is 0 Å². The Labute approximate surface area is 352 Å². The number of hydrogen-bond acceptors (Lipinski definition) is 1. The molecule has 1 aliphatic rings. The highest BCUT2D eigenvalue weighted by Gasteiger charge is 2.35. The SMILES string of the molecule is CC1(C)c2ccccc2-c2ccc(-n3c4cccc(c4)c4cccc(c4)n(-c4ccc5c(c4)c4ccccc4n5-c4ccccc4)c4ccc5oc6ccc3cc6c5c4)cc21. The summed E-state index contributed by atoms with van der Waals surface area (Å²) in [6.45, 7) is 4.70. The maximum atomic E-state index is 6.59. The second kappa shape index (κ2) is 12.6. The predicted molar refractivity (Wildman–Crippen MR) is 254 cm³/mol. The zero-order valence-corrected chi connectivity index (χ0v) is 33.8. The lowest BCUT2D eigenvalue weighted by Crippen LogP contribution is -2.15. The molecule has 13 rings (SSSR count). The minimum absolute atomic E-state index is 0.122. The first kappa shape index (κ1) is 34.1. The number of aromatic nitrogens is 3. The van der Waals surface area contributed by atoms with Gasteiger partial charge in [-0.1, -0.05) is 105 Å². The lowest BCUT2D eigenvalue weighted by Gasteiger charge is -2.22. The number of hydrogen-bond donors (Lipinski definition) is 0. The molecule has 0 fully saturated rings. The Morgan fingerprint density at radius 2 is 0.918 bits per heavy atom. The summed E-state index contributed by atoms with van der Waals surface area (Å²) in [5, 5.41) is 6.88. The lowest BCUT2D eigenvalue weighted by molar-refractivity contribution is 0.660. The molecule has 4 heteroatoms. The molecule has 61 heavy (non-hydrogen) atoms. The van der Waals surface area contributed by atoms with Gasteiger partial charge in [0.1, 0.15) is 11.2 Å². The number of nitrogens with zero attached hydrogens (tertiary/aromatic N) is 3. The van der Waals surface area contributed by atoms with Crippen molar-refractivity contribution in [2.75, 3.05) is 0 Å². The van der Waals surface area contributed by atoms with Crippen LogP contribution < -0.4 is 0 Å². The highest BCUT2D eigenvalue weighted by molar-refractivity contribution is 6.11. The monoisotopic (exact) mass is 781 g/mol. The standard InChI is InChI=1S/C57H39N3O/c1-57(2)51-20-8-6-18-45(51)46-26-22-44(35-52(46)57)59-40-17-11-13-37(31-40)36-12-10-16-39(30-36)58(42-24-28-55-49(33-42)50-34-43(59)25-29-56(50)61-55)41-23-27-54-48(32-41)47-19-7-9-21-53(47)60(54)38-14-4-3-5-15-38/h3-35H,1-2H3. The van der Waals surface area contributed by atoms with Gasteiger partial charge in [-0.2, -0.15) is 0 Å². The van der Waals surface area contributed by atoms with Gasteiger partial charge in [0.2, 0.25) is 0 Å². The molecule has 0 spiro atoms. The molecule has 0 saturated heterocycles. The molecule has 0 aliphatic heterocycles. The minimum Gasteiger partial charge on any atom is -0.456 e. The van der Waals surface area contributed by atoms with E-state index >= 15 is 0 Å². The summed E-state index contributed by atoms with van der Waals surface area (Å²) >= 11 is 0. The van der Waals surface area contributed by atoms with Crippen LogP contribution >= 0.6 is 0 Å². The average molecular weight is 782 g/mol. The summed E-state index contributed by atoms with van der Waals surface area (Å²) in [5.41, 5.74) is 17.0. The van der Waals surface area contributed by atoms with Gasteiger partial charge in [0.05, 0.1) is 11.0 Å². The number of rotatable bonds is 3. The van der Waals surface area contributed by atoms with E-state index in [4.69, 9.17) is 4.42 Å². The molecule has 8 bridgehead atoms. The van der Waals surface area contributed by atoms with E-state index < -0.39 is 0 Å². The van der Waals surface area contributed by atoms with Gasteiger partial charge in [0.25, 0.3) is 0 Å². The molecule has 0 amide bonds. The molecule has 4 nitrogen and oxygen atoms in total. The summed E-state index contributed by atoms with van der Waals surface area (Å²) in [4.78, 5) is 0. The van der Waals surface area contributed by atoms with Gasteiger partial charge >= 0.3 is 0 Å². The fraction of sp³-hybridized carbons (Fsp3) is 0.0526. The predicted octanol–water partition coefficient (Wildman–Crippen LogP) is 15.2. The number of para-hydroxylation sites is 2. The Morgan fingerprint density at radius 3 is 1.64 bits per heavy atom. The molecule has 0 unspecified atom stereocenters. The van der Waals surface area contributed by atoms with Gasteiger partial charge in [-0.15, -0.1) is 0 Å². The highest BCUT2D eigenvalue weighted by atomic mass is 16.3. The Morgan fingerprint density at radius 1 is 0.344 bits per heavy atom. The van der Waals surface area contributed by atoms with Crippen LogP contribution in [-0.4, -0.2) is 13.7 Å². The van der Waals surface area contributed by atoms with Crippen LogP contribution in [0.25, 0.3) is 105 Å². The van der Waals surface area contributed by atoms with Crippen molar-refractivity contribution in [2.45, 2.75) is 19.3 Å². The molecule has 288 valence electrons. The third kappa shape index (κ3) is 5.00. The number of furan rings is 1. The van der Waals surface area contributed by atoms with E-state index in [9.17, 15) is 0 Å². The summed E-state index contributed by atoms with van der Waals surface area (Å²) in [6, 6.07) is 73.4. The molecule has 0 radical (unpaired) electrons. The summed E-state index contributed by atoms with van der Waals surface area (Å²) < 4.78 is 13.8. The number of benzene rings is 9. The van der Waals surface area contributed by atoms with E-state index in [-0.39, 0.29) is 5.41 Å². The fourth-order valence-electron chi connectivity index (χ4n) is 10.4. The van der Waals surface area contributed by atoms with Crippen LogP contribution in [0.3, 0.4) is 0 Å². The van der Waals surface area contributed by atoms with Crippen LogP contribution in [0.15, 0.2) is 205 Å². The molecule has 9 aromatic carbocycles. The van der Waals surface area contributed by atoms with Crippen molar-refractivity contribution in [3.63, 3.8) is 0 Å². The molecule has 1 aliphatic carbocycles. The third-order valence-corrected chi connectivity index (χ3v) is 13.2. The molecular weight excluding hydrogens is 743 g/mol. The van der Waals surface area contributed by atoms with Crippen LogP contribution in [-0.2, 0) is 5.41 Å². The zero-order valence-electron chi connectivity index (χ0n) is 33.8. The first-order valence-corrected chi connectivity index (χ1v) is 21.1. The first-order valence-electron chi connectivity index (χ1n) is 21.1. The van der Waals surface area contributed by atoms with Crippen molar-refractivity contribution in [3.8, 4) is 28.2 Å². The molecule has 3 aromatic heterocycles. The Hall–Kier alpha value is -7.82. The summed E-state index contributed by atoms with van der Waals surface area (Å²) in [5.74, 6) is 0. The highest BCUT2D eigenvalue weighted by Crippen LogP contribution is 2.49. The van der Waals surface area contributed by atoms with E-state index in [2.05, 4.69) is 228 Å². The molecule has 0 N–H and O–H groups in total. The topological polar surface area (TPSA) is 27.9 Å². The quantitative estimate of drug-likeness (QED) is 0.175. The zero-order chi connectivity index (χ0) is 40.4.